The fourth-order valence-electron chi connectivity index (χ4n) is 5.66. The first-order chi connectivity index (χ1) is 17.2. The fraction of sp³-hybridized carbons (Fsp3) is 0.696. The van der Waals surface area contributed by atoms with Gasteiger partial charge in [0.1, 0.15) is 29.4 Å². The molecule has 2 aliphatic carbocycles. The molecule has 3 heterocycles. The summed E-state index contributed by atoms with van der Waals surface area (Å²) < 4.78 is 21.4. The molecule has 2 aromatic rings. The molecule has 11 nitrogen and oxygen atoms in total. The van der Waals surface area contributed by atoms with Gasteiger partial charge in [0.2, 0.25) is 0 Å². The monoisotopic (exact) mass is 540 g/mol. The molecule has 2 aromatic heterocycles. The molecule has 0 radical (unpaired) electrons. The van der Waals surface area contributed by atoms with Crippen molar-refractivity contribution in [2.45, 2.75) is 80.4 Å². The van der Waals surface area contributed by atoms with Crippen LogP contribution in [0.4, 0.5) is 5.82 Å². The van der Waals surface area contributed by atoms with Gasteiger partial charge in [-0.15, -0.1) is 0 Å². The number of phosphoric ester groups is 1. The van der Waals surface area contributed by atoms with E-state index in [1.165, 1.54) is 32.1 Å². The Hall–Kier alpha value is -1.37. The van der Waals surface area contributed by atoms with Crippen LogP contribution >= 0.6 is 19.6 Å². The number of fused-ring (bicyclic) bond motifs is 1. The normalized spacial score (nSPS) is 30.9. The largest absolute Gasteiger partial charge is 0.469 e. The topological polar surface area (TPSA) is 181 Å². The van der Waals surface area contributed by atoms with Crippen LogP contribution in [0.15, 0.2) is 17.4 Å². The van der Waals surface area contributed by atoms with E-state index in [1.54, 1.807) is 18.0 Å². The quantitative estimate of drug-likeness (QED) is 0.178. The highest BCUT2D eigenvalue weighted by Gasteiger charge is 2.68. The second kappa shape index (κ2) is 10.4. The minimum atomic E-state index is -4.72. The number of rotatable bonds is 9. The third-order valence-corrected chi connectivity index (χ3v) is 9.07. The number of ether oxygens (including phenoxy) is 1. The van der Waals surface area contributed by atoms with Crippen LogP contribution in [-0.2, 0) is 20.2 Å². The van der Waals surface area contributed by atoms with Gasteiger partial charge in [0.05, 0.1) is 12.1 Å². The molecule has 1 aliphatic heterocycles. The number of nitrogens with two attached hydrogens (primary N) is 1. The van der Waals surface area contributed by atoms with Crippen molar-refractivity contribution < 1.29 is 33.8 Å². The van der Waals surface area contributed by atoms with E-state index in [0.29, 0.717) is 34.8 Å². The number of phosphoric acid groups is 1. The molecule has 13 heteroatoms. The summed E-state index contributed by atoms with van der Waals surface area (Å²) in [6.45, 7) is -0.514. The number of pyridine rings is 1. The third kappa shape index (κ3) is 5.56. The summed E-state index contributed by atoms with van der Waals surface area (Å²) in [5.74, 6) is 1.92. The molecule has 0 aromatic carbocycles. The molecule has 6 N–H and O–H groups in total. The molecule has 0 amide bonds. The van der Waals surface area contributed by atoms with E-state index in [4.69, 9.17) is 25.2 Å². The van der Waals surface area contributed by atoms with Crippen LogP contribution in [0.2, 0.25) is 0 Å². The van der Waals surface area contributed by atoms with E-state index in [2.05, 4.69) is 14.5 Å². The van der Waals surface area contributed by atoms with Crippen LogP contribution in [0.5, 0.6) is 0 Å². The Balaban J connectivity index is 1.27. The average Bonchev–Trinajstić information content (AvgIpc) is 3.48. The van der Waals surface area contributed by atoms with Crippen LogP contribution < -0.4 is 5.73 Å². The summed E-state index contributed by atoms with van der Waals surface area (Å²) in [5, 5.41) is 21.7. The Morgan fingerprint density at radius 2 is 1.97 bits per heavy atom. The highest BCUT2D eigenvalue weighted by Crippen LogP contribution is 2.57. The lowest BCUT2D eigenvalue weighted by atomic mass is 9.88. The molecule has 36 heavy (non-hydrogen) atoms. The van der Waals surface area contributed by atoms with Crippen molar-refractivity contribution in [3.05, 3.63) is 17.8 Å². The number of hydrogen-bond donors (Lipinski definition) is 5. The Kier molecular flexibility index (Phi) is 7.59. The summed E-state index contributed by atoms with van der Waals surface area (Å²) in [6, 6.07) is 1.86. The standard InChI is InChI=1S/C23H33N4O7PS/c24-21-18-17(26-22(27-21)36-9-7-13-4-2-1-3-5-13)14(6-8-25-18)10-15-11-23(15)20(29)19(28)16(34-23)12-33-35(30,31)32/h6,8,13,15-16,19-20,28-29H,1-5,7,9-12H2,(H2,24,26,27)(H2,30,31,32)/t15-,16+,19+,20+,23+/m0/s1. The van der Waals surface area contributed by atoms with E-state index in [1.807, 2.05) is 6.07 Å². The summed E-state index contributed by atoms with van der Waals surface area (Å²) in [7, 11) is -4.72. The number of aliphatic hydroxyl groups is 2. The maximum atomic E-state index is 11.0. The van der Waals surface area contributed by atoms with Crippen molar-refractivity contribution in [3.8, 4) is 0 Å². The van der Waals surface area contributed by atoms with Crippen molar-refractivity contribution in [1.29, 1.82) is 0 Å². The zero-order chi connectivity index (χ0) is 25.5. The van der Waals surface area contributed by atoms with E-state index in [9.17, 15) is 14.8 Å². The van der Waals surface area contributed by atoms with Gasteiger partial charge < -0.3 is 30.5 Å². The molecule has 2 saturated carbocycles. The van der Waals surface area contributed by atoms with Crippen molar-refractivity contribution in [2.24, 2.45) is 11.8 Å². The van der Waals surface area contributed by atoms with Crippen LogP contribution in [0.3, 0.4) is 0 Å². The van der Waals surface area contributed by atoms with Gasteiger partial charge in [0, 0.05) is 11.9 Å². The van der Waals surface area contributed by atoms with Gasteiger partial charge in [-0.25, -0.2) is 14.5 Å². The Morgan fingerprint density at radius 1 is 1.19 bits per heavy atom. The summed E-state index contributed by atoms with van der Waals surface area (Å²) >= 11 is 1.61. The van der Waals surface area contributed by atoms with Gasteiger partial charge in [0.25, 0.3) is 0 Å². The number of aliphatic hydroxyl groups excluding tert-OH is 2. The van der Waals surface area contributed by atoms with Crippen molar-refractivity contribution in [2.75, 3.05) is 18.1 Å². The number of aromatic nitrogens is 3. The average molecular weight is 541 g/mol. The van der Waals surface area contributed by atoms with Gasteiger partial charge >= 0.3 is 7.82 Å². The molecule has 1 spiro atoms. The zero-order valence-electron chi connectivity index (χ0n) is 19.9. The molecular weight excluding hydrogens is 507 g/mol. The zero-order valence-corrected chi connectivity index (χ0v) is 21.6. The number of nitrogens with zero attached hydrogens (tertiary/aromatic N) is 3. The number of thioether (sulfide) groups is 1. The Morgan fingerprint density at radius 3 is 2.72 bits per heavy atom. The first-order valence-electron chi connectivity index (χ1n) is 12.4. The van der Waals surface area contributed by atoms with E-state index < -0.39 is 38.3 Å². The number of hydrogen-bond acceptors (Lipinski definition) is 10. The Bertz CT molecular complexity index is 1150. The smallest absolute Gasteiger partial charge is 0.387 e. The van der Waals surface area contributed by atoms with Gasteiger partial charge in [-0.2, -0.15) is 0 Å². The molecule has 5 rings (SSSR count). The van der Waals surface area contributed by atoms with Crippen LogP contribution in [0.25, 0.3) is 11.0 Å². The first-order valence-corrected chi connectivity index (χ1v) is 15.0. The van der Waals surface area contributed by atoms with Crippen molar-refractivity contribution in [3.63, 3.8) is 0 Å². The van der Waals surface area contributed by atoms with Gasteiger partial charge in [-0.05, 0) is 42.7 Å². The highest BCUT2D eigenvalue weighted by atomic mass is 32.2. The van der Waals surface area contributed by atoms with Crippen LogP contribution in [-0.4, -0.2) is 71.2 Å². The molecular formula is C23H33N4O7PS. The maximum Gasteiger partial charge on any atom is 0.469 e. The van der Waals surface area contributed by atoms with E-state index >= 15 is 0 Å². The molecule has 1 saturated heterocycles. The minimum absolute atomic E-state index is 0.119. The minimum Gasteiger partial charge on any atom is -0.387 e. The first kappa shape index (κ1) is 26.2. The molecule has 0 unspecified atom stereocenters. The van der Waals surface area contributed by atoms with Crippen molar-refractivity contribution >= 4 is 36.4 Å². The third-order valence-electron chi connectivity index (χ3n) is 7.70. The van der Waals surface area contributed by atoms with E-state index in [0.717, 1.165) is 23.7 Å². The van der Waals surface area contributed by atoms with Crippen LogP contribution in [0.1, 0.15) is 50.5 Å². The molecule has 3 fully saturated rings. The number of anilines is 1. The molecule has 5 atom stereocenters. The molecule has 3 aliphatic rings. The SMILES string of the molecule is Nc1nc(SCCC2CCCCC2)nc2c(C[C@H]3C[C@@]34O[C@H](COP(=O)(O)O)[C@@H](O)[C@H]4O)ccnc12. The van der Waals surface area contributed by atoms with Gasteiger partial charge in [-0.3, -0.25) is 9.51 Å². The lowest BCUT2D eigenvalue weighted by Crippen LogP contribution is -2.35. The van der Waals surface area contributed by atoms with E-state index in [-0.39, 0.29) is 5.92 Å². The molecule has 0 bridgehead atoms. The van der Waals surface area contributed by atoms with Gasteiger partial charge in [-0.1, -0.05) is 43.9 Å². The lowest BCUT2D eigenvalue weighted by molar-refractivity contribution is -0.0400. The fourth-order valence-corrected chi connectivity index (χ4v) is 6.96. The lowest BCUT2D eigenvalue weighted by Gasteiger charge is -2.20. The number of nitrogen functional groups attached to an aromatic ring is 1. The van der Waals surface area contributed by atoms with Gasteiger partial charge in [0.15, 0.2) is 11.0 Å². The summed E-state index contributed by atoms with van der Waals surface area (Å²) in [6.07, 6.45) is 6.85. The predicted octanol–water partition coefficient (Wildman–Crippen LogP) is 2.20. The molecule has 198 valence electrons. The second-order valence-corrected chi connectivity index (χ2v) is 12.4. The maximum absolute atomic E-state index is 11.0. The van der Waals surface area contributed by atoms with Crippen LogP contribution in [0, 0.1) is 11.8 Å². The summed E-state index contributed by atoms with van der Waals surface area (Å²) in [4.78, 5) is 31.5. The Labute approximate surface area is 213 Å². The predicted molar refractivity (Wildman–Crippen MR) is 133 cm³/mol. The van der Waals surface area contributed by atoms with Crippen molar-refractivity contribution in [1.82, 2.24) is 15.0 Å². The summed E-state index contributed by atoms with van der Waals surface area (Å²) in [5.41, 5.74) is 7.32. The highest BCUT2D eigenvalue weighted by molar-refractivity contribution is 7.99. The second-order valence-electron chi connectivity index (χ2n) is 10.1.